The summed E-state index contributed by atoms with van der Waals surface area (Å²) in [6.07, 6.45) is 0. The van der Waals surface area contributed by atoms with Crippen LogP contribution in [0.15, 0.2) is 41.3 Å². The molecule has 2 aromatic carbocycles. The summed E-state index contributed by atoms with van der Waals surface area (Å²) < 4.78 is 52.7. The van der Waals surface area contributed by atoms with Gasteiger partial charge >= 0.3 is 0 Å². The Labute approximate surface area is 124 Å². The number of benzene rings is 2. The molecule has 116 valence electrons. The number of sulfonamides is 1. The van der Waals surface area contributed by atoms with Crippen LogP contribution in [-0.2, 0) is 10.0 Å². The van der Waals surface area contributed by atoms with Crippen LogP contribution in [0.2, 0.25) is 0 Å². The smallest absolute Gasteiger partial charge is 0.273 e. The number of nitro groups is 1. The normalized spacial score (nSPS) is 11.2. The Morgan fingerprint density at radius 1 is 1.14 bits per heavy atom. The van der Waals surface area contributed by atoms with Crippen molar-refractivity contribution in [3.05, 3.63) is 63.7 Å². The van der Waals surface area contributed by atoms with E-state index in [1.54, 1.807) is 0 Å². The van der Waals surface area contributed by atoms with Crippen LogP contribution in [0.3, 0.4) is 0 Å². The summed E-state index contributed by atoms with van der Waals surface area (Å²) in [5.74, 6) is -1.90. The summed E-state index contributed by atoms with van der Waals surface area (Å²) >= 11 is 0. The fourth-order valence-corrected chi connectivity index (χ4v) is 3.22. The lowest BCUT2D eigenvalue weighted by Crippen LogP contribution is -2.15. The van der Waals surface area contributed by atoms with Gasteiger partial charge in [-0.15, -0.1) is 0 Å². The van der Waals surface area contributed by atoms with Gasteiger partial charge < -0.3 is 0 Å². The van der Waals surface area contributed by atoms with Crippen LogP contribution in [0.1, 0.15) is 5.56 Å². The molecule has 0 atom stereocenters. The average Bonchev–Trinajstić information content (AvgIpc) is 2.36. The SMILES string of the molecule is Cc1c([N+](=O)[O-])cccc1S(=O)(=O)Nc1cc(F)cc(F)c1. The lowest BCUT2D eigenvalue weighted by atomic mass is 10.2. The van der Waals surface area contributed by atoms with Gasteiger partial charge in [-0.1, -0.05) is 6.07 Å². The van der Waals surface area contributed by atoms with Gasteiger partial charge in [-0.2, -0.15) is 0 Å². The highest BCUT2D eigenvalue weighted by Gasteiger charge is 2.23. The molecule has 6 nitrogen and oxygen atoms in total. The third kappa shape index (κ3) is 3.19. The second-order valence-electron chi connectivity index (χ2n) is 4.42. The fourth-order valence-electron chi connectivity index (χ4n) is 1.91. The van der Waals surface area contributed by atoms with Crippen LogP contribution in [0.5, 0.6) is 0 Å². The highest BCUT2D eigenvalue weighted by atomic mass is 32.2. The van der Waals surface area contributed by atoms with Crippen molar-refractivity contribution in [3.63, 3.8) is 0 Å². The number of halogens is 2. The number of rotatable bonds is 4. The minimum atomic E-state index is -4.22. The van der Waals surface area contributed by atoms with Crippen molar-refractivity contribution in [1.82, 2.24) is 0 Å². The molecule has 0 aliphatic carbocycles. The Bertz CT molecular complexity index is 833. The van der Waals surface area contributed by atoms with Crippen LogP contribution < -0.4 is 4.72 Å². The molecule has 0 saturated carbocycles. The molecule has 0 saturated heterocycles. The molecule has 0 heterocycles. The minimum Gasteiger partial charge on any atom is -0.279 e. The number of nitro benzene ring substituents is 1. The van der Waals surface area contributed by atoms with E-state index in [2.05, 4.69) is 0 Å². The summed E-state index contributed by atoms with van der Waals surface area (Å²) in [6, 6.07) is 5.74. The van der Waals surface area contributed by atoms with E-state index in [1.165, 1.54) is 19.1 Å². The Morgan fingerprint density at radius 3 is 2.27 bits per heavy atom. The molecule has 0 fully saturated rings. The van der Waals surface area contributed by atoms with Crippen molar-refractivity contribution < 1.29 is 22.1 Å². The molecular weight excluding hydrogens is 318 g/mol. The molecule has 0 spiro atoms. The Kier molecular flexibility index (Phi) is 4.09. The van der Waals surface area contributed by atoms with Gasteiger partial charge in [-0.3, -0.25) is 14.8 Å². The van der Waals surface area contributed by atoms with Crippen molar-refractivity contribution in [1.29, 1.82) is 0 Å². The first-order valence-corrected chi connectivity index (χ1v) is 7.42. The maximum absolute atomic E-state index is 13.1. The van der Waals surface area contributed by atoms with Gasteiger partial charge in [0.15, 0.2) is 0 Å². The average molecular weight is 328 g/mol. The fraction of sp³-hybridized carbons (Fsp3) is 0.0769. The molecule has 2 rings (SSSR count). The first-order chi connectivity index (χ1) is 10.2. The summed E-state index contributed by atoms with van der Waals surface area (Å²) in [5.41, 5.74) is -0.756. The Morgan fingerprint density at radius 2 is 1.73 bits per heavy atom. The van der Waals surface area contributed by atoms with Crippen molar-refractivity contribution in [2.45, 2.75) is 11.8 Å². The largest absolute Gasteiger partial charge is 0.279 e. The zero-order valence-corrected chi connectivity index (χ0v) is 12.0. The first-order valence-electron chi connectivity index (χ1n) is 5.93. The zero-order valence-electron chi connectivity index (χ0n) is 11.2. The predicted octanol–water partition coefficient (Wildman–Crippen LogP) is 2.98. The van der Waals surface area contributed by atoms with Gasteiger partial charge in [0, 0.05) is 17.7 Å². The predicted molar refractivity (Wildman–Crippen MR) is 75.0 cm³/mol. The molecule has 0 aliphatic heterocycles. The molecule has 22 heavy (non-hydrogen) atoms. The highest BCUT2D eigenvalue weighted by molar-refractivity contribution is 7.92. The molecule has 9 heteroatoms. The number of nitrogens with one attached hydrogen (secondary N) is 1. The molecule has 2 aromatic rings. The lowest BCUT2D eigenvalue weighted by Gasteiger charge is -2.10. The lowest BCUT2D eigenvalue weighted by molar-refractivity contribution is -0.385. The van der Waals surface area contributed by atoms with Crippen LogP contribution in [-0.4, -0.2) is 13.3 Å². The standard InChI is InChI=1S/C13H10F2N2O4S/c1-8-12(17(18)19)3-2-4-13(8)22(20,21)16-11-6-9(14)5-10(15)7-11/h2-7,16H,1H3. The van der Waals surface area contributed by atoms with E-state index < -0.39 is 26.6 Å². The molecule has 0 aliphatic rings. The second-order valence-corrected chi connectivity index (χ2v) is 6.07. The Balaban J connectivity index is 2.47. The number of hydrogen-bond acceptors (Lipinski definition) is 4. The molecule has 0 bridgehead atoms. The molecule has 0 amide bonds. The van der Waals surface area contributed by atoms with Crippen LogP contribution in [0, 0.1) is 28.7 Å². The van der Waals surface area contributed by atoms with Crippen LogP contribution >= 0.6 is 0 Å². The maximum atomic E-state index is 13.1. The van der Waals surface area contributed by atoms with E-state index in [9.17, 15) is 27.3 Å². The van der Waals surface area contributed by atoms with E-state index >= 15 is 0 Å². The van der Waals surface area contributed by atoms with Crippen LogP contribution in [0.25, 0.3) is 0 Å². The van der Waals surface area contributed by atoms with Crippen molar-refractivity contribution in [3.8, 4) is 0 Å². The zero-order chi connectivity index (χ0) is 16.5. The van der Waals surface area contributed by atoms with Crippen molar-refractivity contribution in [2.75, 3.05) is 4.72 Å². The summed E-state index contributed by atoms with van der Waals surface area (Å²) in [5, 5.41) is 10.8. The number of anilines is 1. The number of nitrogens with zero attached hydrogens (tertiary/aromatic N) is 1. The van der Waals surface area contributed by atoms with Gasteiger partial charge in [0.1, 0.15) is 11.6 Å². The second kappa shape index (κ2) is 5.68. The van der Waals surface area contributed by atoms with E-state index in [0.717, 1.165) is 18.2 Å². The molecule has 0 radical (unpaired) electrons. The maximum Gasteiger partial charge on any atom is 0.273 e. The minimum absolute atomic E-state index is 0.0723. The monoisotopic (exact) mass is 328 g/mol. The summed E-state index contributed by atoms with van der Waals surface area (Å²) in [6.45, 7) is 1.28. The topological polar surface area (TPSA) is 89.3 Å². The van der Waals surface area contributed by atoms with E-state index in [1.807, 2.05) is 4.72 Å². The van der Waals surface area contributed by atoms with Gasteiger partial charge in [0.2, 0.25) is 0 Å². The summed E-state index contributed by atoms with van der Waals surface area (Å²) in [4.78, 5) is 9.79. The molecule has 0 aromatic heterocycles. The van der Waals surface area contributed by atoms with Gasteiger partial charge in [0.25, 0.3) is 15.7 Å². The third-order valence-electron chi connectivity index (χ3n) is 2.86. The van der Waals surface area contributed by atoms with E-state index in [0.29, 0.717) is 6.07 Å². The first kappa shape index (κ1) is 15.8. The molecular formula is C13H10F2N2O4S. The van der Waals surface area contributed by atoms with Crippen molar-refractivity contribution >= 4 is 21.4 Å². The Hall–Kier alpha value is -2.55. The van der Waals surface area contributed by atoms with Crippen molar-refractivity contribution in [2.24, 2.45) is 0 Å². The highest BCUT2D eigenvalue weighted by Crippen LogP contribution is 2.26. The van der Waals surface area contributed by atoms with Gasteiger partial charge in [-0.25, -0.2) is 17.2 Å². The quantitative estimate of drug-likeness (QED) is 0.690. The van der Waals surface area contributed by atoms with Gasteiger partial charge in [0.05, 0.1) is 15.5 Å². The molecule has 1 N–H and O–H groups in total. The molecule has 0 unspecified atom stereocenters. The third-order valence-corrected chi connectivity index (χ3v) is 4.38. The van der Waals surface area contributed by atoms with Gasteiger partial charge in [-0.05, 0) is 25.1 Å². The number of hydrogen-bond donors (Lipinski definition) is 1. The van der Waals surface area contributed by atoms with E-state index in [4.69, 9.17) is 0 Å². The van der Waals surface area contributed by atoms with E-state index in [-0.39, 0.29) is 21.8 Å². The van der Waals surface area contributed by atoms with Crippen LogP contribution in [0.4, 0.5) is 20.2 Å². The summed E-state index contributed by atoms with van der Waals surface area (Å²) in [7, 11) is -4.22.